The van der Waals surface area contributed by atoms with Crippen LogP contribution in [0.3, 0.4) is 0 Å². The molecule has 0 aliphatic rings. The van der Waals surface area contributed by atoms with E-state index in [2.05, 4.69) is 15.3 Å². The number of rotatable bonds is 6. The molecule has 2 aromatic heterocycles. The molecule has 2 heterocycles. The summed E-state index contributed by atoms with van der Waals surface area (Å²) >= 11 is 0.954. The number of hydrogen-bond acceptors (Lipinski definition) is 5. The smallest absolute Gasteiger partial charge is 0.348 e. The van der Waals surface area contributed by atoms with E-state index in [0.717, 1.165) is 24.2 Å². The number of aromatic nitrogens is 2. The molecule has 2 rings (SSSR count). The van der Waals surface area contributed by atoms with E-state index in [1.807, 2.05) is 6.92 Å². The van der Waals surface area contributed by atoms with Gasteiger partial charge in [0.2, 0.25) is 5.91 Å². The molecule has 0 unspecified atom stereocenters. The van der Waals surface area contributed by atoms with Crippen molar-refractivity contribution in [3.05, 3.63) is 29.4 Å². The van der Waals surface area contributed by atoms with E-state index < -0.39 is 5.97 Å². The number of carboxylic acid groups (broad SMARTS) is 1. The number of anilines is 1. The molecule has 0 saturated heterocycles. The number of carbonyl (C=O) groups excluding carboxylic acids is 1. The fourth-order valence-electron chi connectivity index (χ4n) is 1.74. The molecule has 7 heteroatoms. The lowest BCUT2D eigenvalue weighted by Crippen LogP contribution is -2.10. The van der Waals surface area contributed by atoms with Crippen molar-refractivity contribution in [1.82, 2.24) is 9.97 Å². The van der Waals surface area contributed by atoms with Gasteiger partial charge in [0.1, 0.15) is 4.88 Å². The zero-order valence-corrected chi connectivity index (χ0v) is 12.3. The Hall–Kier alpha value is -2.28. The van der Waals surface area contributed by atoms with Crippen molar-refractivity contribution in [2.45, 2.75) is 26.2 Å². The average Bonchev–Trinajstić information content (AvgIpc) is 2.90. The molecule has 0 bridgehead atoms. The maximum absolute atomic E-state index is 11.7. The summed E-state index contributed by atoms with van der Waals surface area (Å²) in [6.07, 6.45) is 5.26. The number of aromatic carboxylic acids is 1. The molecule has 2 aromatic rings. The van der Waals surface area contributed by atoms with E-state index in [1.165, 1.54) is 0 Å². The van der Waals surface area contributed by atoms with Crippen molar-refractivity contribution in [3.63, 3.8) is 0 Å². The van der Waals surface area contributed by atoms with Gasteiger partial charge in [-0.15, -0.1) is 0 Å². The van der Waals surface area contributed by atoms with Crippen LogP contribution in [0.15, 0.2) is 24.5 Å². The van der Waals surface area contributed by atoms with Gasteiger partial charge >= 0.3 is 5.97 Å². The van der Waals surface area contributed by atoms with Crippen molar-refractivity contribution in [1.29, 1.82) is 0 Å². The summed E-state index contributed by atoms with van der Waals surface area (Å²) in [5.74, 6) is -1.22. The lowest BCUT2D eigenvalue weighted by molar-refractivity contribution is -0.116. The highest BCUT2D eigenvalue weighted by molar-refractivity contribution is 7.18. The van der Waals surface area contributed by atoms with Crippen LogP contribution in [0.25, 0.3) is 11.3 Å². The molecule has 0 atom stereocenters. The highest BCUT2D eigenvalue weighted by atomic mass is 32.1. The number of nitrogens with one attached hydrogen (secondary N) is 1. The third kappa shape index (κ3) is 3.85. The van der Waals surface area contributed by atoms with Crippen molar-refractivity contribution in [3.8, 4) is 11.3 Å². The van der Waals surface area contributed by atoms with Crippen molar-refractivity contribution in [2.75, 3.05) is 5.32 Å². The topological polar surface area (TPSA) is 92.2 Å². The summed E-state index contributed by atoms with van der Waals surface area (Å²) in [4.78, 5) is 31.3. The number of unbranched alkanes of at least 4 members (excludes halogenated alkanes) is 1. The molecule has 0 aromatic carbocycles. The minimum atomic E-state index is -1.07. The number of carboxylic acids is 1. The van der Waals surface area contributed by atoms with Crippen LogP contribution >= 0.6 is 11.3 Å². The van der Waals surface area contributed by atoms with E-state index >= 15 is 0 Å². The maximum Gasteiger partial charge on any atom is 0.348 e. The standard InChI is InChI=1S/C14H15N3O3S/c1-2-3-6-10(18)16-14-17-11(12(21-14)13(19)20)9-5-4-7-15-8-9/h4-5,7-8H,2-3,6H2,1H3,(H,19,20)(H,16,17,18). The Kier molecular flexibility index (Phi) is 4.99. The number of thiazole rings is 1. The van der Waals surface area contributed by atoms with Gasteiger partial charge in [0, 0.05) is 24.4 Å². The molecule has 0 aliphatic heterocycles. The summed E-state index contributed by atoms with van der Waals surface area (Å²) in [6, 6.07) is 3.44. The molecular formula is C14H15N3O3S. The van der Waals surface area contributed by atoms with Gasteiger partial charge in [-0.1, -0.05) is 24.7 Å². The van der Waals surface area contributed by atoms with Gasteiger partial charge in [-0.25, -0.2) is 9.78 Å². The van der Waals surface area contributed by atoms with Crippen LogP contribution in [0, 0.1) is 0 Å². The second-order valence-electron chi connectivity index (χ2n) is 4.40. The van der Waals surface area contributed by atoms with Crippen molar-refractivity contribution >= 4 is 28.3 Å². The zero-order valence-electron chi connectivity index (χ0n) is 11.5. The first-order valence-electron chi connectivity index (χ1n) is 6.56. The van der Waals surface area contributed by atoms with Crippen LogP contribution in [0.4, 0.5) is 5.13 Å². The van der Waals surface area contributed by atoms with Crippen molar-refractivity contribution in [2.24, 2.45) is 0 Å². The Morgan fingerprint density at radius 2 is 2.24 bits per heavy atom. The van der Waals surface area contributed by atoms with Gasteiger partial charge in [0.05, 0.1) is 5.69 Å². The fourth-order valence-corrected chi connectivity index (χ4v) is 2.58. The molecule has 6 nitrogen and oxygen atoms in total. The largest absolute Gasteiger partial charge is 0.477 e. The lowest BCUT2D eigenvalue weighted by atomic mass is 10.2. The Bertz CT molecular complexity index is 640. The van der Waals surface area contributed by atoms with Crippen LogP contribution in [-0.4, -0.2) is 27.0 Å². The molecule has 1 amide bonds. The summed E-state index contributed by atoms with van der Waals surface area (Å²) in [6.45, 7) is 2.00. The molecule has 0 saturated carbocycles. The fraction of sp³-hybridized carbons (Fsp3) is 0.286. The SMILES string of the molecule is CCCCC(=O)Nc1nc(-c2cccnc2)c(C(=O)O)s1. The number of amides is 1. The molecule has 0 radical (unpaired) electrons. The summed E-state index contributed by atoms with van der Waals surface area (Å²) in [5.41, 5.74) is 0.937. The number of hydrogen-bond donors (Lipinski definition) is 2. The van der Waals surface area contributed by atoms with Crippen LogP contribution in [-0.2, 0) is 4.79 Å². The highest BCUT2D eigenvalue weighted by Crippen LogP contribution is 2.30. The van der Waals surface area contributed by atoms with Gasteiger partial charge in [-0.3, -0.25) is 9.78 Å². The van der Waals surface area contributed by atoms with E-state index in [9.17, 15) is 14.7 Å². The van der Waals surface area contributed by atoms with Crippen LogP contribution in [0.2, 0.25) is 0 Å². The number of carbonyl (C=O) groups is 2. The predicted octanol–water partition coefficient (Wildman–Crippen LogP) is 3.03. The highest BCUT2D eigenvalue weighted by Gasteiger charge is 2.19. The third-order valence-corrected chi connectivity index (χ3v) is 3.72. The Balaban J connectivity index is 2.26. The maximum atomic E-state index is 11.7. The average molecular weight is 305 g/mol. The molecule has 0 spiro atoms. The normalized spacial score (nSPS) is 10.3. The van der Waals surface area contributed by atoms with Crippen LogP contribution in [0.1, 0.15) is 35.9 Å². The van der Waals surface area contributed by atoms with Gasteiger partial charge in [-0.2, -0.15) is 0 Å². The molecule has 0 fully saturated rings. The molecule has 0 aliphatic carbocycles. The van der Waals surface area contributed by atoms with Gasteiger partial charge in [0.15, 0.2) is 5.13 Å². The first-order valence-corrected chi connectivity index (χ1v) is 7.37. The number of nitrogens with zero attached hydrogens (tertiary/aromatic N) is 2. The molecule has 2 N–H and O–H groups in total. The Labute approximate surface area is 125 Å². The Morgan fingerprint density at radius 3 is 2.86 bits per heavy atom. The van der Waals surface area contributed by atoms with Gasteiger partial charge in [0.25, 0.3) is 0 Å². The van der Waals surface area contributed by atoms with E-state index in [4.69, 9.17) is 0 Å². The van der Waals surface area contributed by atoms with Crippen molar-refractivity contribution < 1.29 is 14.7 Å². The van der Waals surface area contributed by atoms with Gasteiger partial charge < -0.3 is 10.4 Å². The van der Waals surface area contributed by atoms with Gasteiger partial charge in [-0.05, 0) is 18.6 Å². The lowest BCUT2D eigenvalue weighted by Gasteiger charge is -1.99. The minimum Gasteiger partial charge on any atom is -0.477 e. The monoisotopic (exact) mass is 305 g/mol. The second kappa shape index (κ2) is 6.94. The second-order valence-corrected chi connectivity index (χ2v) is 5.39. The Morgan fingerprint density at radius 1 is 1.43 bits per heavy atom. The third-order valence-electron chi connectivity index (χ3n) is 2.76. The summed E-state index contributed by atoms with van der Waals surface area (Å²) < 4.78 is 0. The minimum absolute atomic E-state index is 0.0915. The zero-order chi connectivity index (χ0) is 15.2. The van der Waals surface area contributed by atoms with E-state index in [1.54, 1.807) is 24.5 Å². The quantitative estimate of drug-likeness (QED) is 0.855. The van der Waals surface area contributed by atoms with E-state index in [-0.39, 0.29) is 10.8 Å². The molecule has 110 valence electrons. The van der Waals surface area contributed by atoms with Crippen LogP contribution < -0.4 is 5.32 Å². The van der Waals surface area contributed by atoms with Crippen LogP contribution in [0.5, 0.6) is 0 Å². The first-order chi connectivity index (χ1) is 10.1. The number of pyridine rings is 1. The summed E-state index contributed by atoms with van der Waals surface area (Å²) in [5, 5.41) is 12.2. The van der Waals surface area contributed by atoms with E-state index in [0.29, 0.717) is 22.8 Å². The summed E-state index contributed by atoms with van der Waals surface area (Å²) in [7, 11) is 0. The molecular weight excluding hydrogens is 290 g/mol. The predicted molar refractivity (Wildman–Crippen MR) is 80.5 cm³/mol. The molecule has 21 heavy (non-hydrogen) atoms. The first kappa shape index (κ1) is 15.1.